The van der Waals surface area contributed by atoms with E-state index in [9.17, 15) is 4.79 Å². The van der Waals surface area contributed by atoms with Crippen LogP contribution in [0.3, 0.4) is 0 Å². The lowest BCUT2D eigenvalue weighted by Crippen LogP contribution is -2.44. The van der Waals surface area contributed by atoms with Crippen LogP contribution in [0.1, 0.15) is 36.8 Å². The van der Waals surface area contributed by atoms with E-state index < -0.39 is 0 Å². The summed E-state index contributed by atoms with van der Waals surface area (Å²) in [6.07, 6.45) is 6.68. The first-order chi connectivity index (χ1) is 9.23. The number of anilines is 1. The standard InChI is InChI=1S/C16H21NO2/c1-19-15(18)16(8-3-9-16)11-17-14-7-6-12-4-2-5-13(12)10-14/h6-7,10,17H,2-5,8-9,11H2,1H3. The van der Waals surface area contributed by atoms with Gasteiger partial charge < -0.3 is 10.1 Å². The number of rotatable bonds is 4. The van der Waals surface area contributed by atoms with Crippen molar-refractivity contribution in [2.75, 3.05) is 19.0 Å². The molecule has 102 valence electrons. The van der Waals surface area contributed by atoms with Crippen LogP contribution < -0.4 is 5.32 Å². The van der Waals surface area contributed by atoms with Gasteiger partial charge in [0.2, 0.25) is 0 Å². The fourth-order valence-corrected chi connectivity index (χ4v) is 3.23. The summed E-state index contributed by atoms with van der Waals surface area (Å²) in [7, 11) is 1.48. The third-order valence-electron chi connectivity index (χ3n) is 4.66. The van der Waals surface area contributed by atoms with Crippen molar-refractivity contribution in [3.05, 3.63) is 29.3 Å². The number of fused-ring (bicyclic) bond motifs is 1. The van der Waals surface area contributed by atoms with Gasteiger partial charge in [-0.05, 0) is 55.4 Å². The molecular weight excluding hydrogens is 238 g/mol. The summed E-state index contributed by atoms with van der Waals surface area (Å²) in [5.74, 6) is -0.0626. The van der Waals surface area contributed by atoms with E-state index in [2.05, 4.69) is 23.5 Å². The van der Waals surface area contributed by atoms with Gasteiger partial charge in [-0.1, -0.05) is 12.5 Å². The van der Waals surface area contributed by atoms with E-state index >= 15 is 0 Å². The van der Waals surface area contributed by atoms with E-state index in [1.54, 1.807) is 0 Å². The number of hydrogen-bond acceptors (Lipinski definition) is 3. The Balaban J connectivity index is 1.67. The molecule has 0 heterocycles. The summed E-state index contributed by atoms with van der Waals surface area (Å²) in [5.41, 5.74) is 3.80. The summed E-state index contributed by atoms with van der Waals surface area (Å²) in [5, 5.41) is 3.43. The number of carbonyl (C=O) groups excluding carboxylic acids is 1. The van der Waals surface area contributed by atoms with E-state index in [1.807, 2.05) is 0 Å². The Morgan fingerprint density at radius 3 is 2.74 bits per heavy atom. The van der Waals surface area contributed by atoms with Gasteiger partial charge in [-0.25, -0.2) is 0 Å². The van der Waals surface area contributed by atoms with Gasteiger partial charge in [0, 0.05) is 12.2 Å². The van der Waals surface area contributed by atoms with Gasteiger partial charge in [0.05, 0.1) is 12.5 Å². The van der Waals surface area contributed by atoms with Crippen molar-refractivity contribution >= 4 is 11.7 Å². The quantitative estimate of drug-likeness (QED) is 0.845. The maximum atomic E-state index is 11.9. The average Bonchev–Trinajstić information content (AvgIpc) is 2.84. The van der Waals surface area contributed by atoms with E-state index in [1.165, 1.54) is 37.5 Å². The first kappa shape index (κ1) is 12.5. The molecule has 0 radical (unpaired) electrons. The first-order valence-corrected chi connectivity index (χ1v) is 7.18. The van der Waals surface area contributed by atoms with Crippen molar-refractivity contribution in [2.24, 2.45) is 5.41 Å². The molecule has 1 N–H and O–H groups in total. The predicted molar refractivity (Wildman–Crippen MR) is 75.3 cm³/mol. The van der Waals surface area contributed by atoms with E-state index in [4.69, 9.17) is 4.74 Å². The van der Waals surface area contributed by atoms with Crippen LogP contribution in [0.5, 0.6) is 0 Å². The predicted octanol–water partition coefficient (Wildman–Crippen LogP) is 2.93. The zero-order valence-electron chi connectivity index (χ0n) is 11.5. The van der Waals surface area contributed by atoms with Gasteiger partial charge in [0.25, 0.3) is 0 Å². The zero-order valence-corrected chi connectivity index (χ0v) is 11.5. The van der Waals surface area contributed by atoms with Gasteiger partial charge in [0.1, 0.15) is 0 Å². The number of carbonyl (C=O) groups is 1. The second-order valence-electron chi connectivity index (χ2n) is 5.82. The first-order valence-electron chi connectivity index (χ1n) is 7.18. The molecule has 1 aromatic rings. The molecular formula is C16H21NO2. The van der Waals surface area contributed by atoms with Crippen LogP contribution in [0.15, 0.2) is 18.2 Å². The van der Waals surface area contributed by atoms with Crippen molar-refractivity contribution in [3.63, 3.8) is 0 Å². The largest absolute Gasteiger partial charge is 0.469 e. The highest BCUT2D eigenvalue weighted by Crippen LogP contribution is 2.42. The van der Waals surface area contributed by atoms with Crippen molar-refractivity contribution in [1.29, 1.82) is 0 Å². The third kappa shape index (κ3) is 2.22. The lowest BCUT2D eigenvalue weighted by molar-refractivity contribution is -0.157. The van der Waals surface area contributed by atoms with Crippen molar-refractivity contribution in [1.82, 2.24) is 0 Å². The molecule has 0 atom stereocenters. The molecule has 1 fully saturated rings. The molecule has 0 aromatic heterocycles. The molecule has 1 saturated carbocycles. The number of aryl methyl sites for hydroxylation is 2. The molecule has 0 saturated heterocycles. The molecule has 19 heavy (non-hydrogen) atoms. The van der Waals surface area contributed by atoms with Crippen LogP contribution in [0, 0.1) is 5.41 Å². The van der Waals surface area contributed by atoms with E-state index in [0.29, 0.717) is 6.54 Å². The molecule has 3 heteroatoms. The zero-order chi connectivity index (χ0) is 13.3. The molecule has 1 aromatic carbocycles. The Hall–Kier alpha value is -1.51. The number of ether oxygens (including phenoxy) is 1. The lowest BCUT2D eigenvalue weighted by Gasteiger charge is -2.39. The molecule has 0 unspecified atom stereocenters. The van der Waals surface area contributed by atoms with Crippen LogP contribution in [0.25, 0.3) is 0 Å². The molecule has 0 aliphatic heterocycles. The van der Waals surface area contributed by atoms with Gasteiger partial charge >= 0.3 is 5.97 Å². The number of hydrogen-bond donors (Lipinski definition) is 1. The van der Waals surface area contributed by atoms with Crippen LogP contribution >= 0.6 is 0 Å². The van der Waals surface area contributed by atoms with Crippen LogP contribution in [0.4, 0.5) is 5.69 Å². The fourth-order valence-electron chi connectivity index (χ4n) is 3.23. The molecule has 0 spiro atoms. The Kier molecular flexibility index (Phi) is 3.21. The van der Waals surface area contributed by atoms with Gasteiger partial charge in [-0.3, -0.25) is 4.79 Å². The van der Waals surface area contributed by atoms with Crippen molar-refractivity contribution < 1.29 is 9.53 Å². The molecule has 3 nitrogen and oxygen atoms in total. The molecule has 2 aliphatic rings. The average molecular weight is 259 g/mol. The number of esters is 1. The fraction of sp³-hybridized carbons (Fsp3) is 0.562. The van der Waals surface area contributed by atoms with E-state index in [0.717, 1.165) is 24.9 Å². The van der Waals surface area contributed by atoms with Gasteiger partial charge in [0.15, 0.2) is 0 Å². The van der Waals surface area contributed by atoms with Crippen LogP contribution in [0.2, 0.25) is 0 Å². The minimum atomic E-state index is -0.284. The maximum absolute atomic E-state index is 11.9. The summed E-state index contributed by atoms with van der Waals surface area (Å²) in [6.45, 7) is 0.693. The topological polar surface area (TPSA) is 38.3 Å². The third-order valence-corrected chi connectivity index (χ3v) is 4.66. The molecule has 0 bridgehead atoms. The maximum Gasteiger partial charge on any atom is 0.313 e. The SMILES string of the molecule is COC(=O)C1(CNc2ccc3c(c2)CCC3)CCC1. The summed E-state index contributed by atoms with van der Waals surface area (Å²) in [4.78, 5) is 11.9. The number of benzene rings is 1. The smallest absolute Gasteiger partial charge is 0.313 e. The van der Waals surface area contributed by atoms with Gasteiger partial charge in [-0.2, -0.15) is 0 Å². The number of nitrogens with one attached hydrogen (secondary N) is 1. The highest BCUT2D eigenvalue weighted by Gasteiger charge is 2.45. The normalized spacial score (nSPS) is 19.4. The Labute approximate surface area is 114 Å². The second-order valence-corrected chi connectivity index (χ2v) is 5.82. The Morgan fingerprint density at radius 2 is 2.05 bits per heavy atom. The highest BCUT2D eigenvalue weighted by atomic mass is 16.5. The monoisotopic (exact) mass is 259 g/mol. The summed E-state index contributed by atoms with van der Waals surface area (Å²) >= 11 is 0. The van der Waals surface area contributed by atoms with Crippen LogP contribution in [-0.4, -0.2) is 19.6 Å². The minimum Gasteiger partial charge on any atom is -0.469 e. The molecule has 3 rings (SSSR count). The Morgan fingerprint density at radius 1 is 1.26 bits per heavy atom. The Bertz CT molecular complexity index is 492. The number of methoxy groups -OCH3 is 1. The minimum absolute atomic E-state index is 0.0626. The van der Waals surface area contributed by atoms with Crippen molar-refractivity contribution in [2.45, 2.75) is 38.5 Å². The lowest BCUT2D eigenvalue weighted by atomic mass is 9.68. The molecule has 2 aliphatic carbocycles. The second kappa shape index (κ2) is 4.87. The summed E-state index contributed by atoms with van der Waals surface area (Å²) in [6, 6.07) is 6.59. The highest BCUT2D eigenvalue weighted by molar-refractivity contribution is 5.78. The van der Waals surface area contributed by atoms with E-state index in [-0.39, 0.29) is 11.4 Å². The van der Waals surface area contributed by atoms with Crippen LogP contribution in [-0.2, 0) is 22.4 Å². The molecule has 0 amide bonds. The summed E-state index contributed by atoms with van der Waals surface area (Å²) < 4.78 is 4.94. The van der Waals surface area contributed by atoms with Crippen molar-refractivity contribution in [3.8, 4) is 0 Å². The van der Waals surface area contributed by atoms with Gasteiger partial charge in [-0.15, -0.1) is 0 Å².